The molecule has 2 aliphatic rings. The zero-order valence-electron chi connectivity index (χ0n) is 9.43. The van der Waals surface area contributed by atoms with Crippen molar-refractivity contribution in [3.05, 3.63) is 11.6 Å². The second-order valence-corrected chi connectivity index (χ2v) is 4.73. The third-order valence-electron chi connectivity index (χ3n) is 3.62. The van der Waals surface area contributed by atoms with E-state index in [0.29, 0.717) is 5.92 Å². The molecule has 0 radical (unpaired) electrons. The van der Waals surface area contributed by atoms with Crippen molar-refractivity contribution in [2.75, 3.05) is 13.2 Å². The van der Waals surface area contributed by atoms with Gasteiger partial charge in [-0.2, -0.15) is 0 Å². The van der Waals surface area contributed by atoms with Crippen molar-refractivity contribution in [2.45, 2.75) is 38.3 Å². The van der Waals surface area contributed by atoms with E-state index in [2.05, 4.69) is 14.8 Å². The number of ether oxygens (including phenoxy) is 1. The first-order chi connectivity index (χ1) is 7.88. The Morgan fingerprint density at radius 3 is 3.06 bits per heavy atom. The molecule has 3 rings (SSSR count). The minimum absolute atomic E-state index is 0.165. The summed E-state index contributed by atoms with van der Waals surface area (Å²) in [5, 5.41) is 8.56. The van der Waals surface area contributed by atoms with Crippen LogP contribution in [0.1, 0.15) is 37.0 Å². The molecule has 1 aromatic heterocycles. The van der Waals surface area contributed by atoms with Crippen LogP contribution in [0.25, 0.3) is 0 Å². The maximum Gasteiger partial charge on any atom is 0.162 e. The third-order valence-corrected chi connectivity index (χ3v) is 3.62. The Labute approximate surface area is 95.0 Å². The fourth-order valence-electron chi connectivity index (χ4n) is 2.63. The van der Waals surface area contributed by atoms with Crippen LogP contribution in [-0.4, -0.2) is 27.9 Å². The number of hydrogen-bond donors (Lipinski definition) is 1. The summed E-state index contributed by atoms with van der Waals surface area (Å²) in [7, 11) is 0. The molecule has 0 aliphatic carbocycles. The number of nitrogens with two attached hydrogens (primary N) is 1. The molecule has 0 bridgehead atoms. The van der Waals surface area contributed by atoms with Crippen LogP contribution in [0.5, 0.6) is 0 Å². The summed E-state index contributed by atoms with van der Waals surface area (Å²) in [4.78, 5) is 0. The van der Waals surface area contributed by atoms with Gasteiger partial charge in [-0.3, -0.25) is 0 Å². The van der Waals surface area contributed by atoms with E-state index in [0.717, 1.165) is 57.0 Å². The van der Waals surface area contributed by atoms with Gasteiger partial charge in [-0.05, 0) is 31.7 Å². The molecule has 88 valence electrons. The molecule has 0 spiro atoms. The van der Waals surface area contributed by atoms with Crippen molar-refractivity contribution in [3.8, 4) is 0 Å². The summed E-state index contributed by atoms with van der Waals surface area (Å²) in [6.07, 6.45) is 4.51. The Hall–Kier alpha value is -0.940. The normalized spacial score (nSPS) is 29.3. The van der Waals surface area contributed by atoms with Gasteiger partial charge in [0, 0.05) is 19.6 Å². The predicted octanol–water partition coefficient (Wildman–Crippen LogP) is 0.651. The molecule has 16 heavy (non-hydrogen) atoms. The molecule has 1 saturated heterocycles. The summed E-state index contributed by atoms with van der Waals surface area (Å²) < 4.78 is 7.91. The largest absolute Gasteiger partial charge is 0.370 e. The van der Waals surface area contributed by atoms with Crippen LogP contribution in [-0.2, 0) is 17.7 Å². The average molecular weight is 222 g/mol. The Morgan fingerprint density at radius 1 is 1.38 bits per heavy atom. The summed E-state index contributed by atoms with van der Waals surface area (Å²) in [5.41, 5.74) is 5.75. The molecular formula is C11H18N4O. The number of hydrogen-bond acceptors (Lipinski definition) is 4. The SMILES string of the molecule is NCC1CCc2nnc(C3CCCO3)n2C1. The van der Waals surface area contributed by atoms with E-state index in [1.54, 1.807) is 0 Å². The fourth-order valence-corrected chi connectivity index (χ4v) is 2.63. The summed E-state index contributed by atoms with van der Waals surface area (Å²) in [6, 6.07) is 0. The Morgan fingerprint density at radius 2 is 2.31 bits per heavy atom. The van der Waals surface area contributed by atoms with Gasteiger partial charge in [0.15, 0.2) is 5.82 Å². The molecule has 1 aromatic rings. The lowest BCUT2D eigenvalue weighted by Gasteiger charge is -2.24. The molecule has 2 unspecified atom stereocenters. The number of nitrogens with zero attached hydrogens (tertiary/aromatic N) is 3. The molecule has 1 fully saturated rings. The summed E-state index contributed by atoms with van der Waals surface area (Å²) in [6.45, 7) is 2.57. The Kier molecular flexibility index (Phi) is 2.65. The average Bonchev–Trinajstić information content (AvgIpc) is 2.96. The van der Waals surface area contributed by atoms with Gasteiger partial charge in [-0.1, -0.05) is 0 Å². The van der Waals surface area contributed by atoms with Gasteiger partial charge in [-0.15, -0.1) is 10.2 Å². The number of aryl methyl sites for hydroxylation is 1. The van der Waals surface area contributed by atoms with Crippen molar-refractivity contribution in [2.24, 2.45) is 11.7 Å². The quantitative estimate of drug-likeness (QED) is 0.798. The highest BCUT2D eigenvalue weighted by Gasteiger charge is 2.28. The van der Waals surface area contributed by atoms with Crippen molar-refractivity contribution in [1.82, 2.24) is 14.8 Å². The van der Waals surface area contributed by atoms with Crippen LogP contribution < -0.4 is 5.73 Å². The second kappa shape index (κ2) is 4.14. The van der Waals surface area contributed by atoms with E-state index in [1.165, 1.54) is 0 Å². The van der Waals surface area contributed by atoms with Crippen molar-refractivity contribution in [3.63, 3.8) is 0 Å². The molecule has 3 heterocycles. The second-order valence-electron chi connectivity index (χ2n) is 4.73. The number of fused-ring (bicyclic) bond motifs is 1. The van der Waals surface area contributed by atoms with Gasteiger partial charge in [0.25, 0.3) is 0 Å². The lowest BCUT2D eigenvalue weighted by molar-refractivity contribution is 0.0998. The smallest absolute Gasteiger partial charge is 0.162 e. The van der Waals surface area contributed by atoms with Gasteiger partial charge in [0.2, 0.25) is 0 Å². The molecule has 0 saturated carbocycles. The summed E-state index contributed by atoms with van der Waals surface area (Å²) in [5.74, 6) is 2.70. The maximum atomic E-state index is 5.75. The van der Waals surface area contributed by atoms with Gasteiger partial charge in [0.1, 0.15) is 11.9 Å². The van der Waals surface area contributed by atoms with Crippen LogP contribution in [0, 0.1) is 5.92 Å². The summed E-state index contributed by atoms with van der Waals surface area (Å²) >= 11 is 0. The van der Waals surface area contributed by atoms with Gasteiger partial charge in [0.05, 0.1) is 0 Å². The van der Waals surface area contributed by atoms with E-state index in [9.17, 15) is 0 Å². The first kappa shape index (κ1) is 10.2. The van der Waals surface area contributed by atoms with Crippen LogP contribution in [0.4, 0.5) is 0 Å². The van der Waals surface area contributed by atoms with E-state index in [1.807, 2.05) is 0 Å². The molecule has 5 nitrogen and oxygen atoms in total. The van der Waals surface area contributed by atoms with Gasteiger partial charge >= 0.3 is 0 Å². The topological polar surface area (TPSA) is 66.0 Å². The van der Waals surface area contributed by atoms with Crippen LogP contribution in [0.2, 0.25) is 0 Å². The predicted molar refractivity (Wildman–Crippen MR) is 58.8 cm³/mol. The van der Waals surface area contributed by atoms with Crippen molar-refractivity contribution in [1.29, 1.82) is 0 Å². The number of rotatable bonds is 2. The Balaban J connectivity index is 1.87. The van der Waals surface area contributed by atoms with Crippen LogP contribution in [0.15, 0.2) is 0 Å². The zero-order chi connectivity index (χ0) is 11.0. The Bertz CT molecular complexity index is 370. The molecule has 2 N–H and O–H groups in total. The highest BCUT2D eigenvalue weighted by atomic mass is 16.5. The first-order valence-electron chi connectivity index (χ1n) is 6.12. The van der Waals surface area contributed by atoms with E-state index < -0.39 is 0 Å². The highest BCUT2D eigenvalue weighted by Crippen LogP contribution is 2.30. The fraction of sp³-hybridized carbons (Fsp3) is 0.818. The highest BCUT2D eigenvalue weighted by molar-refractivity contribution is 5.04. The van der Waals surface area contributed by atoms with Gasteiger partial charge < -0.3 is 15.0 Å². The number of aromatic nitrogens is 3. The molecule has 0 aromatic carbocycles. The molecule has 2 aliphatic heterocycles. The van der Waals surface area contributed by atoms with E-state index >= 15 is 0 Å². The van der Waals surface area contributed by atoms with E-state index in [-0.39, 0.29) is 6.10 Å². The van der Waals surface area contributed by atoms with Gasteiger partial charge in [-0.25, -0.2) is 0 Å². The standard InChI is InChI=1S/C11H18N4O/c12-6-8-3-4-10-13-14-11(15(10)7-8)9-2-1-5-16-9/h8-9H,1-7,12H2. The van der Waals surface area contributed by atoms with Crippen LogP contribution in [0.3, 0.4) is 0 Å². The zero-order valence-corrected chi connectivity index (χ0v) is 9.43. The maximum absolute atomic E-state index is 5.75. The monoisotopic (exact) mass is 222 g/mol. The van der Waals surface area contributed by atoms with Crippen molar-refractivity contribution < 1.29 is 4.74 Å². The third kappa shape index (κ3) is 1.64. The molecule has 0 amide bonds. The van der Waals surface area contributed by atoms with E-state index in [4.69, 9.17) is 10.5 Å². The minimum Gasteiger partial charge on any atom is -0.370 e. The minimum atomic E-state index is 0.165. The van der Waals surface area contributed by atoms with Crippen LogP contribution >= 0.6 is 0 Å². The van der Waals surface area contributed by atoms with Crippen molar-refractivity contribution >= 4 is 0 Å². The first-order valence-corrected chi connectivity index (χ1v) is 6.12. The molecule has 2 atom stereocenters. The lowest BCUT2D eigenvalue weighted by Crippen LogP contribution is -2.28. The molecule has 5 heteroatoms. The lowest BCUT2D eigenvalue weighted by atomic mass is 9.99. The molecular weight excluding hydrogens is 204 g/mol.